The predicted octanol–water partition coefficient (Wildman–Crippen LogP) is 3.19. The molecule has 0 aliphatic carbocycles. The van der Waals surface area contributed by atoms with Crippen LogP contribution in [-0.4, -0.2) is 69.2 Å². The molecule has 0 radical (unpaired) electrons. The van der Waals surface area contributed by atoms with E-state index in [4.69, 9.17) is 9.47 Å². The average molecular weight is 410 g/mol. The summed E-state index contributed by atoms with van der Waals surface area (Å²) in [5, 5.41) is 0. The zero-order valence-electron chi connectivity index (χ0n) is 17.9. The van der Waals surface area contributed by atoms with Crippen molar-refractivity contribution in [1.29, 1.82) is 0 Å². The van der Waals surface area contributed by atoms with Gasteiger partial charge in [-0.15, -0.1) is 0 Å². The van der Waals surface area contributed by atoms with Gasteiger partial charge in [0.05, 0.1) is 20.8 Å². The van der Waals surface area contributed by atoms with Crippen LogP contribution in [0.5, 0.6) is 11.5 Å². The van der Waals surface area contributed by atoms with Crippen LogP contribution in [0.25, 0.3) is 0 Å². The Kier molecular flexibility index (Phi) is 6.43. The van der Waals surface area contributed by atoms with Crippen LogP contribution in [0.2, 0.25) is 0 Å². The minimum atomic E-state index is 0.235. The third kappa shape index (κ3) is 4.54. The molecule has 6 nitrogen and oxygen atoms in total. The monoisotopic (exact) mass is 409 g/mol. The van der Waals surface area contributed by atoms with Crippen LogP contribution in [0.1, 0.15) is 24.4 Å². The summed E-state index contributed by atoms with van der Waals surface area (Å²) in [5.74, 6) is 1.98. The summed E-state index contributed by atoms with van der Waals surface area (Å²) in [7, 11) is 3.37. The van der Waals surface area contributed by atoms with Gasteiger partial charge in [-0.25, -0.2) is 0 Å². The summed E-state index contributed by atoms with van der Waals surface area (Å²) >= 11 is 0. The number of piperazine rings is 1. The highest BCUT2D eigenvalue weighted by Gasteiger charge is 2.30. The third-order valence-electron chi connectivity index (χ3n) is 6.25. The van der Waals surface area contributed by atoms with Crippen LogP contribution in [0, 0.1) is 0 Å². The van der Waals surface area contributed by atoms with Crippen LogP contribution < -0.4 is 14.4 Å². The molecule has 160 valence electrons. The highest BCUT2D eigenvalue weighted by atomic mass is 16.5. The average Bonchev–Trinajstić information content (AvgIpc) is 3.27. The molecule has 6 heteroatoms. The number of anilines is 1. The molecular weight excluding hydrogens is 378 g/mol. The fourth-order valence-corrected chi connectivity index (χ4v) is 4.52. The van der Waals surface area contributed by atoms with Crippen LogP contribution in [-0.2, 0) is 4.79 Å². The first kappa shape index (κ1) is 20.5. The number of benzene rings is 2. The van der Waals surface area contributed by atoms with E-state index < -0.39 is 0 Å². The summed E-state index contributed by atoms with van der Waals surface area (Å²) in [6.07, 6.45) is 2.21. The summed E-state index contributed by atoms with van der Waals surface area (Å²) in [5.41, 5.74) is 2.42. The summed E-state index contributed by atoms with van der Waals surface area (Å²) in [6.45, 7) is 4.71. The van der Waals surface area contributed by atoms with Crippen molar-refractivity contribution in [3.8, 4) is 11.5 Å². The summed E-state index contributed by atoms with van der Waals surface area (Å²) < 4.78 is 10.6. The summed E-state index contributed by atoms with van der Waals surface area (Å²) in [4.78, 5) is 19.7. The van der Waals surface area contributed by atoms with E-state index in [9.17, 15) is 4.79 Å². The lowest BCUT2D eigenvalue weighted by Crippen LogP contribution is -2.51. The van der Waals surface area contributed by atoms with E-state index in [1.54, 1.807) is 14.2 Å². The Morgan fingerprint density at radius 2 is 1.67 bits per heavy atom. The Morgan fingerprint density at radius 3 is 2.37 bits per heavy atom. The van der Waals surface area contributed by atoms with Crippen LogP contribution >= 0.6 is 0 Å². The Labute approximate surface area is 179 Å². The van der Waals surface area contributed by atoms with Crippen molar-refractivity contribution in [2.24, 2.45) is 0 Å². The number of methoxy groups -OCH3 is 2. The van der Waals surface area contributed by atoms with Gasteiger partial charge in [-0.2, -0.15) is 0 Å². The van der Waals surface area contributed by atoms with Crippen molar-refractivity contribution in [2.45, 2.75) is 18.9 Å². The standard InChI is InChI=1S/C24H31N3O3/c1-29-21-10-8-20(9-11-21)25-13-15-26(16-14-25)24(28)18-27-12-4-7-23(27)19-5-3-6-22(17-19)30-2/h3,5-6,8-11,17,23H,4,7,12-16,18H2,1-2H3. The number of amides is 1. The first-order valence-corrected chi connectivity index (χ1v) is 10.7. The Hall–Kier alpha value is -2.73. The number of rotatable bonds is 6. The lowest BCUT2D eigenvalue weighted by Gasteiger charge is -2.37. The second-order valence-corrected chi connectivity index (χ2v) is 7.97. The van der Waals surface area contributed by atoms with Crippen LogP contribution in [0.4, 0.5) is 5.69 Å². The minimum absolute atomic E-state index is 0.235. The van der Waals surface area contributed by atoms with Gasteiger partial charge in [0, 0.05) is 37.9 Å². The number of carbonyl (C=O) groups is 1. The predicted molar refractivity (Wildman–Crippen MR) is 118 cm³/mol. The highest BCUT2D eigenvalue weighted by Crippen LogP contribution is 2.33. The molecule has 2 saturated heterocycles. The van der Waals surface area contributed by atoms with Crippen molar-refractivity contribution < 1.29 is 14.3 Å². The van der Waals surface area contributed by atoms with Gasteiger partial charge < -0.3 is 19.3 Å². The highest BCUT2D eigenvalue weighted by molar-refractivity contribution is 5.78. The van der Waals surface area contributed by atoms with Gasteiger partial charge >= 0.3 is 0 Å². The van der Waals surface area contributed by atoms with Crippen molar-refractivity contribution in [1.82, 2.24) is 9.80 Å². The topological polar surface area (TPSA) is 45.2 Å². The van der Waals surface area contributed by atoms with Crippen molar-refractivity contribution in [3.05, 3.63) is 54.1 Å². The number of hydrogen-bond acceptors (Lipinski definition) is 5. The maximum atomic E-state index is 13.0. The smallest absolute Gasteiger partial charge is 0.236 e. The maximum absolute atomic E-state index is 13.0. The van der Waals surface area contributed by atoms with Crippen molar-refractivity contribution in [2.75, 3.05) is 58.4 Å². The van der Waals surface area contributed by atoms with E-state index in [2.05, 4.69) is 34.1 Å². The molecule has 0 bridgehead atoms. The number of ether oxygens (including phenoxy) is 2. The zero-order valence-corrected chi connectivity index (χ0v) is 17.9. The van der Waals surface area contributed by atoms with Crippen molar-refractivity contribution >= 4 is 11.6 Å². The van der Waals surface area contributed by atoms with Gasteiger partial charge in [0.15, 0.2) is 0 Å². The van der Waals surface area contributed by atoms with Crippen LogP contribution in [0.15, 0.2) is 48.5 Å². The van der Waals surface area contributed by atoms with Gasteiger partial charge in [0.1, 0.15) is 11.5 Å². The quantitative estimate of drug-likeness (QED) is 0.733. The number of likely N-dealkylation sites (tertiary alicyclic amines) is 1. The molecule has 0 aromatic heterocycles. The van der Waals surface area contributed by atoms with Gasteiger partial charge in [-0.3, -0.25) is 9.69 Å². The first-order chi connectivity index (χ1) is 14.7. The second-order valence-electron chi connectivity index (χ2n) is 7.97. The van der Waals surface area contributed by atoms with E-state index in [0.29, 0.717) is 12.6 Å². The van der Waals surface area contributed by atoms with Crippen LogP contribution in [0.3, 0.4) is 0 Å². The normalized spacial score (nSPS) is 19.7. The fraction of sp³-hybridized carbons (Fsp3) is 0.458. The lowest BCUT2D eigenvalue weighted by atomic mass is 10.0. The first-order valence-electron chi connectivity index (χ1n) is 10.7. The minimum Gasteiger partial charge on any atom is -0.497 e. The molecule has 1 unspecified atom stereocenters. The molecule has 2 aromatic rings. The molecule has 2 aromatic carbocycles. The molecule has 2 aliphatic rings. The molecule has 30 heavy (non-hydrogen) atoms. The molecule has 1 amide bonds. The number of hydrogen-bond donors (Lipinski definition) is 0. The molecule has 0 saturated carbocycles. The maximum Gasteiger partial charge on any atom is 0.236 e. The molecule has 2 heterocycles. The van der Waals surface area contributed by atoms with E-state index >= 15 is 0 Å². The van der Waals surface area contributed by atoms with E-state index in [1.807, 2.05) is 29.2 Å². The largest absolute Gasteiger partial charge is 0.497 e. The summed E-state index contributed by atoms with van der Waals surface area (Å²) in [6, 6.07) is 16.7. The molecule has 0 N–H and O–H groups in total. The molecule has 2 aliphatic heterocycles. The second kappa shape index (κ2) is 9.39. The van der Waals surface area contributed by atoms with E-state index in [-0.39, 0.29) is 5.91 Å². The molecular formula is C24H31N3O3. The fourth-order valence-electron chi connectivity index (χ4n) is 4.52. The zero-order chi connectivity index (χ0) is 20.9. The lowest BCUT2D eigenvalue weighted by molar-refractivity contribution is -0.133. The Bertz CT molecular complexity index is 847. The van der Waals surface area contributed by atoms with E-state index in [1.165, 1.54) is 11.3 Å². The Balaban J connectivity index is 1.32. The Morgan fingerprint density at radius 1 is 0.933 bits per heavy atom. The van der Waals surface area contributed by atoms with Gasteiger partial charge in [0.2, 0.25) is 5.91 Å². The number of carbonyl (C=O) groups excluding carboxylic acids is 1. The SMILES string of the molecule is COc1ccc(N2CCN(C(=O)CN3CCCC3c3cccc(OC)c3)CC2)cc1. The molecule has 2 fully saturated rings. The van der Waals surface area contributed by atoms with Crippen molar-refractivity contribution in [3.63, 3.8) is 0 Å². The third-order valence-corrected chi connectivity index (χ3v) is 6.25. The van der Waals surface area contributed by atoms with Gasteiger partial charge in [-0.05, 0) is 61.3 Å². The number of nitrogens with zero attached hydrogens (tertiary/aromatic N) is 3. The molecule has 4 rings (SSSR count). The molecule has 1 atom stereocenters. The van der Waals surface area contributed by atoms with Gasteiger partial charge in [-0.1, -0.05) is 12.1 Å². The van der Waals surface area contributed by atoms with E-state index in [0.717, 1.165) is 57.1 Å². The van der Waals surface area contributed by atoms with Gasteiger partial charge in [0.25, 0.3) is 0 Å². The molecule has 0 spiro atoms.